The standard InChI is InChI=1S/C14H15N3O2/c15-7-10(16)12-3-1-2-11(17-12)9-4-5-13-14(6-9)19-8-18-13/h1-6,10H,7-8,15-16H2. The zero-order chi connectivity index (χ0) is 13.2. The predicted molar refractivity (Wildman–Crippen MR) is 71.8 cm³/mol. The largest absolute Gasteiger partial charge is 0.454 e. The summed E-state index contributed by atoms with van der Waals surface area (Å²) in [6.07, 6.45) is 0. The molecule has 1 aliphatic heterocycles. The van der Waals surface area contributed by atoms with Crippen molar-refractivity contribution >= 4 is 0 Å². The Morgan fingerprint density at radius 2 is 2.00 bits per heavy atom. The minimum atomic E-state index is -0.242. The van der Waals surface area contributed by atoms with Crippen LogP contribution in [0.25, 0.3) is 11.3 Å². The average Bonchev–Trinajstić information content (AvgIpc) is 2.94. The summed E-state index contributed by atoms with van der Waals surface area (Å²) in [5.74, 6) is 1.51. The first-order chi connectivity index (χ1) is 9.28. The van der Waals surface area contributed by atoms with Gasteiger partial charge < -0.3 is 20.9 Å². The molecule has 0 saturated heterocycles. The van der Waals surface area contributed by atoms with Crippen LogP contribution in [-0.4, -0.2) is 18.3 Å². The maximum absolute atomic E-state index is 5.90. The monoisotopic (exact) mass is 257 g/mol. The molecule has 0 aliphatic carbocycles. The highest BCUT2D eigenvalue weighted by Crippen LogP contribution is 2.35. The Morgan fingerprint density at radius 1 is 1.16 bits per heavy atom. The van der Waals surface area contributed by atoms with Gasteiger partial charge in [0, 0.05) is 12.1 Å². The fourth-order valence-electron chi connectivity index (χ4n) is 2.00. The second-order valence-corrected chi connectivity index (χ2v) is 4.36. The van der Waals surface area contributed by atoms with Gasteiger partial charge in [-0.2, -0.15) is 0 Å². The molecule has 0 amide bonds. The van der Waals surface area contributed by atoms with E-state index in [4.69, 9.17) is 20.9 Å². The van der Waals surface area contributed by atoms with Crippen LogP contribution in [0, 0.1) is 0 Å². The number of aromatic nitrogens is 1. The Bertz CT molecular complexity index is 601. The summed E-state index contributed by atoms with van der Waals surface area (Å²) in [6, 6.07) is 11.3. The predicted octanol–water partition coefficient (Wildman–Crippen LogP) is 1.44. The van der Waals surface area contributed by atoms with Crippen LogP contribution < -0.4 is 20.9 Å². The van der Waals surface area contributed by atoms with E-state index in [0.717, 1.165) is 28.5 Å². The summed E-state index contributed by atoms with van der Waals surface area (Å²) < 4.78 is 10.7. The van der Waals surface area contributed by atoms with Crippen LogP contribution in [0.3, 0.4) is 0 Å². The van der Waals surface area contributed by atoms with Gasteiger partial charge in [0.15, 0.2) is 11.5 Å². The van der Waals surface area contributed by atoms with Crippen molar-refractivity contribution in [3.05, 3.63) is 42.1 Å². The number of nitrogens with two attached hydrogens (primary N) is 2. The highest BCUT2D eigenvalue weighted by molar-refractivity contribution is 5.64. The van der Waals surface area contributed by atoms with E-state index in [1.807, 2.05) is 36.4 Å². The Hall–Kier alpha value is -2.11. The van der Waals surface area contributed by atoms with Gasteiger partial charge in [-0.3, -0.25) is 4.98 Å². The van der Waals surface area contributed by atoms with Gasteiger partial charge in [0.25, 0.3) is 0 Å². The SMILES string of the molecule is NCC(N)c1cccc(-c2ccc3c(c2)OCO3)n1. The van der Waals surface area contributed by atoms with E-state index >= 15 is 0 Å². The second kappa shape index (κ2) is 4.87. The molecule has 4 N–H and O–H groups in total. The van der Waals surface area contributed by atoms with Gasteiger partial charge in [-0.15, -0.1) is 0 Å². The molecule has 1 unspecified atom stereocenters. The van der Waals surface area contributed by atoms with Crippen molar-refractivity contribution in [2.75, 3.05) is 13.3 Å². The Kier molecular flexibility index (Phi) is 3.06. The van der Waals surface area contributed by atoms with E-state index in [1.165, 1.54) is 0 Å². The molecule has 5 nitrogen and oxygen atoms in total. The lowest BCUT2D eigenvalue weighted by atomic mass is 10.1. The second-order valence-electron chi connectivity index (χ2n) is 4.36. The average molecular weight is 257 g/mol. The molecule has 19 heavy (non-hydrogen) atoms. The maximum Gasteiger partial charge on any atom is 0.231 e. The third kappa shape index (κ3) is 2.25. The van der Waals surface area contributed by atoms with Crippen molar-refractivity contribution < 1.29 is 9.47 Å². The van der Waals surface area contributed by atoms with Gasteiger partial charge in [-0.1, -0.05) is 6.07 Å². The number of hydrogen-bond donors (Lipinski definition) is 2. The van der Waals surface area contributed by atoms with Crippen molar-refractivity contribution in [3.63, 3.8) is 0 Å². The van der Waals surface area contributed by atoms with E-state index in [1.54, 1.807) is 0 Å². The lowest BCUT2D eigenvalue weighted by Crippen LogP contribution is -2.21. The molecule has 2 aromatic rings. The normalized spacial score (nSPS) is 14.4. The summed E-state index contributed by atoms with van der Waals surface area (Å²) >= 11 is 0. The smallest absolute Gasteiger partial charge is 0.231 e. The summed E-state index contributed by atoms with van der Waals surface area (Å²) in [6.45, 7) is 0.641. The Morgan fingerprint density at radius 3 is 2.84 bits per heavy atom. The third-order valence-corrected chi connectivity index (χ3v) is 3.07. The van der Waals surface area contributed by atoms with Crippen molar-refractivity contribution in [1.82, 2.24) is 4.98 Å². The maximum atomic E-state index is 5.90. The molecule has 1 aromatic heterocycles. The minimum absolute atomic E-state index is 0.242. The fraction of sp³-hybridized carbons (Fsp3) is 0.214. The summed E-state index contributed by atoms with van der Waals surface area (Å²) in [7, 11) is 0. The fourth-order valence-corrected chi connectivity index (χ4v) is 2.00. The number of nitrogens with zero attached hydrogens (tertiary/aromatic N) is 1. The molecule has 3 rings (SSSR count). The first-order valence-corrected chi connectivity index (χ1v) is 6.10. The molecule has 0 saturated carbocycles. The Balaban J connectivity index is 1.98. The van der Waals surface area contributed by atoms with Gasteiger partial charge >= 0.3 is 0 Å². The summed E-state index contributed by atoms with van der Waals surface area (Å²) in [5.41, 5.74) is 14.1. The number of benzene rings is 1. The minimum Gasteiger partial charge on any atom is -0.454 e. The highest BCUT2D eigenvalue weighted by atomic mass is 16.7. The molecule has 0 spiro atoms. The van der Waals surface area contributed by atoms with Crippen LogP contribution in [0.2, 0.25) is 0 Å². The van der Waals surface area contributed by atoms with Gasteiger partial charge in [-0.05, 0) is 30.3 Å². The molecule has 98 valence electrons. The molecule has 1 aromatic carbocycles. The first-order valence-electron chi connectivity index (χ1n) is 6.10. The molecular weight excluding hydrogens is 242 g/mol. The number of ether oxygens (including phenoxy) is 2. The molecule has 1 aliphatic rings. The van der Waals surface area contributed by atoms with Gasteiger partial charge in [-0.25, -0.2) is 0 Å². The van der Waals surface area contributed by atoms with Crippen molar-refractivity contribution in [3.8, 4) is 22.8 Å². The Labute approximate surface area is 111 Å². The molecular formula is C14H15N3O2. The quantitative estimate of drug-likeness (QED) is 0.869. The van der Waals surface area contributed by atoms with E-state index in [2.05, 4.69) is 4.98 Å². The van der Waals surface area contributed by atoms with E-state index in [-0.39, 0.29) is 12.8 Å². The van der Waals surface area contributed by atoms with Crippen LogP contribution >= 0.6 is 0 Å². The summed E-state index contributed by atoms with van der Waals surface area (Å²) in [5, 5.41) is 0. The lowest BCUT2D eigenvalue weighted by Gasteiger charge is -2.10. The molecule has 5 heteroatoms. The van der Waals surface area contributed by atoms with Gasteiger partial charge in [0.05, 0.1) is 17.4 Å². The number of pyridine rings is 1. The van der Waals surface area contributed by atoms with Crippen LogP contribution in [0.4, 0.5) is 0 Å². The van der Waals surface area contributed by atoms with E-state index in [9.17, 15) is 0 Å². The van der Waals surface area contributed by atoms with Crippen molar-refractivity contribution in [2.45, 2.75) is 6.04 Å². The number of rotatable bonds is 3. The highest BCUT2D eigenvalue weighted by Gasteiger charge is 2.14. The van der Waals surface area contributed by atoms with Gasteiger partial charge in [0.1, 0.15) is 0 Å². The summed E-state index contributed by atoms with van der Waals surface area (Å²) in [4.78, 5) is 4.54. The topological polar surface area (TPSA) is 83.4 Å². The molecule has 0 radical (unpaired) electrons. The van der Waals surface area contributed by atoms with E-state index in [0.29, 0.717) is 6.54 Å². The molecule has 2 heterocycles. The zero-order valence-electron chi connectivity index (χ0n) is 10.4. The van der Waals surface area contributed by atoms with Crippen LogP contribution in [-0.2, 0) is 0 Å². The first kappa shape index (κ1) is 12.0. The van der Waals surface area contributed by atoms with Crippen LogP contribution in [0.5, 0.6) is 11.5 Å². The van der Waals surface area contributed by atoms with Crippen LogP contribution in [0.15, 0.2) is 36.4 Å². The lowest BCUT2D eigenvalue weighted by molar-refractivity contribution is 0.174. The molecule has 0 bridgehead atoms. The molecule has 0 fully saturated rings. The third-order valence-electron chi connectivity index (χ3n) is 3.07. The van der Waals surface area contributed by atoms with E-state index < -0.39 is 0 Å². The number of fused-ring (bicyclic) bond motifs is 1. The van der Waals surface area contributed by atoms with Gasteiger partial charge in [0.2, 0.25) is 6.79 Å². The van der Waals surface area contributed by atoms with Crippen molar-refractivity contribution in [1.29, 1.82) is 0 Å². The number of hydrogen-bond acceptors (Lipinski definition) is 5. The zero-order valence-corrected chi connectivity index (χ0v) is 10.4. The molecule has 1 atom stereocenters. The van der Waals surface area contributed by atoms with Crippen molar-refractivity contribution in [2.24, 2.45) is 11.5 Å². The van der Waals surface area contributed by atoms with Crippen LogP contribution in [0.1, 0.15) is 11.7 Å².